The Morgan fingerprint density at radius 2 is 1.86 bits per heavy atom. The number of rotatable bonds is 0. The van der Waals surface area contributed by atoms with Crippen molar-refractivity contribution >= 4 is 17.7 Å². The summed E-state index contributed by atoms with van der Waals surface area (Å²) in [6, 6.07) is 9.65. The molecular formula is C11H11NO2. The number of nitrogens with one attached hydrogen (secondary N) is 1. The molecule has 3 nitrogen and oxygen atoms in total. The summed E-state index contributed by atoms with van der Waals surface area (Å²) in [5.74, 6) is 0. The van der Waals surface area contributed by atoms with Crippen LogP contribution in [0.15, 0.2) is 35.1 Å². The first kappa shape index (κ1) is 10.2. The van der Waals surface area contributed by atoms with E-state index in [4.69, 9.17) is 4.79 Å². The van der Waals surface area contributed by atoms with Gasteiger partial charge in [-0.2, -0.15) is 0 Å². The third-order valence-corrected chi connectivity index (χ3v) is 1.94. The lowest BCUT2D eigenvalue weighted by atomic mass is 10.2. The summed E-state index contributed by atoms with van der Waals surface area (Å²) in [6.45, 7) is 3.81. The average molecular weight is 189 g/mol. The molecule has 1 aromatic carbocycles. The number of aromatic amines is 1. The fourth-order valence-corrected chi connectivity index (χ4v) is 1.26. The molecule has 14 heavy (non-hydrogen) atoms. The van der Waals surface area contributed by atoms with Gasteiger partial charge >= 0.3 is 0 Å². The van der Waals surface area contributed by atoms with Crippen LogP contribution in [0.1, 0.15) is 5.56 Å². The molecule has 3 heteroatoms. The van der Waals surface area contributed by atoms with Gasteiger partial charge in [0.2, 0.25) is 0 Å². The molecule has 2 aromatic rings. The first-order valence-corrected chi connectivity index (χ1v) is 4.15. The number of para-hydroxylation sites is 1. The van der Waals surface area contributed by atoms with Gasteiger partial charge in [0, 0.05) is 11.1 Å². The van der Waals surface area contributed by atoms with Crippen LogP contribution in [0.2, 0.25) is 0 Å². The predicted octanol–water partition coefficient (Wildman–Crippen LogP) is 1.65. The Labute approximate surface area is 81.4 Å². The lowest BCUT2D eigenvalue weighted by Gasteiger charge is -1.97. The molecule has 0 radical (unpaired) electrons. The quantitative estimate of drug-likeness (QED) is 0.685. The maximum atomic E-state index is 11.2. The number of hydrogen-bond acceptors (Lipinski definition) is 2. The van der Waals surface area contributed by atoms with E-state index in [1.165, 1.54) is 0 Å². The van der Waals surface area contributed by atoms with E-state index in [1.54, 1.807) is 0 Å². The zero-order valence-electron chi connectivity index (χ0n) is 7.91. The van der Waals surface area contributed by atoms with Crippen LogP contribution < -0.4 is 5.56 Å². The third-order valence-electron chi connectivity index (χ3n) is 1.94. The van der Waals surface area contributed by atoms with Gasteiger partial charge < -0.3 is 9.78 Å². The predicted molar refractivity (Wildman–Crippen MR) is 56.4 cm³/mol. The van der Waals surface area contributed by atoms with Gasteiger partial charge in [-0.1, -0.05) is 18.2 Å². The molecule has 2 rings (SSSR count). The molecule has 72 valence electrons. The van der Waals surface area contributed by atoms with Gasteiger partial charge in [0.05, 0.1) is 0 Å². The van der Waals surface area contributed by atoms with Crippen molar-refractivity contribution in [2.45, 2.75) is 6.92 Å². The number of aryl methyl sites for hydroxylation is 1. The number of pyridine rings is 1. The number of aromatic nitrogens is 1. The van der Waals surface area contributed by atoms with E-state index in [0.717, 1.165) is 16.5 Å². The molecule has 0 fully saturated rings. The molecule has 0 amide bonds. The maximum Gasteiger partial charge on any atom is 0.251 e. The van der Waals surface area contributed by atoms with Gasteiger partial charge in [0.1, 0.15) is 6.79 Å². The molecule has 0 bridgehead atoms. The van der Waals surface area contributed by atoms with E-state index in [0.29, 0.717) is 0 Å². The Balaban J connectivity index is 0.000000461. The minimum atomic E-state index is -0.00583. The van der Waals surface area contributed by atoms with Gasteiger partial charge in [-0.3, -0.25) is 4.79 Å². The summed E-state index contributed by atoms with van der Waals surface area (Å²) < 4.78 is 0. The van der Waals surface area contributed by atoms with Gasteiger partial charge in [-0.25, -0.2) is 0 Å². The monoisotopic (exact) mass is 189 g/mol. The van der Waals surface area contributed by atoms with Crippen molar-refractivity contribution in [2.75, 3.05) is 0 Å². The Morgan fingerprint density at radius 3 is 2.57 bits per heavy atom. The van der Waals surface area contributed by atoms with Gasteiger partial charge in [0.15, 0.2) is 0 Å². The zero-order valence-corrected chi connectivity index (χ0v) is 7.91. The van der Waals surface area contributed by atoms with Crippen molar-refractivity contribution in [1.29, 1.82) is 0 Å². The lowest BCUT2D eigenvalue weighted by Crippen LogP contribution is -2.08. The van der Waals surface area contributed by atoms with Crippen molar-refractivity contribution in [3.05, 3.63) is 46.2 Å². The number of benzene rings is 1. The van der Waals surface area contributed by atoms with E-state index in [2.05, 4.69) is 4.98 Å². The fourth-order valence-electron chi connectivity index (χ4n) is 1.26. The van der Waals surface area contributed by atoms with Crippen molar-refractivity contribution in [3.8, 4) is 0 Å². The first-order chi connectivity index (χ1) is 6.77. The van der Waals surface area contributed by atoms with Gasteiger partial charge in [-0.05, 0) is 24.4 Å². The van der Waals surface area contributed by atoms with Crippen LogP contribution in [-0.2, 0) is 4.79 Å². The van der Waals surface area contributed by atoms with E-state index in [1.807, 2.05) is 44.0 Å². The molecule has 1 heterocycles. The summed E-state index contributed by atoms with van der Waals surface area (Å²) in [6.07, 6.45) is 0. The minimum absolute atomic E-state index is 0.00583. The summed E-state index contributed by atoms with van der Waals surface area (Å²) in [5.41, 5.74) is 1.65. The molecule has 0 atom stereocenters. The summed E-state index contributed by atoms with van der Waals surface area (Å²) in [5, 5.41) is 1.08. The third kappa shape index (κ3) is 1.88. The normalized spacial score (nSPS) is 9.21. The van der Waals surface area contributed by atoms with E-state index in [-0.39, 0.29) is 5.56 Å². The van der Waals surface area contributed by atoms with Gasteiger partial charge in [-0.15, -0.1) is 0 Å². The topological polar surface area (TPSA) is 49.9 Å². The molecule has 0 saturated carbocycles. The second kappa shape index (κ2) is 4.37. The van der Waals surface area contributed by atoms with Gasteiger partial charge in [0.25, 0.3) is 5.56 Å². The van der Waals surface area contributed by atoms with E-state index in [9.17, 15) is 4.79 Å². The summed E-state index contributed by atoms with van der Waals surface area (Å²) >= 11 is 0. The van der Waals surface area contributed by atoms with Crippen molar-refractivity contribution in [1.82, 2.24) is 4.98 Å². The van der Waals surface area contributed by atoms with Crippen LogP contribution in [0.4, 0.5) is 0 Å². The van der Waals surface area contributed by atoms with Crippen molar-refractivity contribution in [2.24, 2.45) is 0 Å². The molecule has 0 spiro atoms. The number of hydrogen-bond donors (Lipinski definition) is 1. The molecule has 0 aliphatic rings. The molecule has 0 saturated heterocycles. The van der Waals surface area contributed by atoms with Crippen LogP contribution in [0.3, 0.4) is 0 Å². The molecule has 1 N–H and O–H groups in total. The van der Waals surface area contributed by atoms with Crippen LogP contribution in [0.5, 0.6) is 0 Å². The number of H-pyrrole nitrogens is 1. The van der Waals surface area contributed by atoms with Crippen LogP contribution in [0.25, 0.3) is 10.9 Å². The minimum Gasteiger partial charge on any atom is -0.322 e. The highest BCUT2D eigenvalue weighted by atomic mass is 16.1. The van der Waals surface area contributed by atoms with Crippen molar-refractivity contribution in [3.63, 3.8) is 0 Å². The molecular weight excluding hydrogens is 178 g/mol. The van der Waals surface area contributed by atoms with Crippen LogP contribution in [-0.4, -0.2) is 11.8 Å². The second-order valence-corrected chi connectivity index (χ2v) is 2.87. The zero-order chi connectivity index (χ0) is 10.6. The first-order valence-electron chi connectivity index (χ1n) is 4.15. The molecule has 1 aromatic heterocycles. The highest BCUT2D eigenvalue weighted by Gasteiger charge is 1.95. The fraction of sp³-hybridized carbons (Fsp3) is 0.0909. The maximum absolute atomic E-state index is 11.2. The van der Waals surface area contributed by atoms with Crippen LogP contribution in [0, 0.1) is 6.92 Å². The lowest BCUT2D eigenvalue weighted by molar-refractivity contribution is -0.0979. The second-order valence-electron chi connectivity index (χ2n) is 2.87. The van der Waals surface area contributed by atoms with E-state index >= 15 is 0 Å². The SMILES string of the molecule is C=O.Cc1cc2ccccc2[nH]c1=O. The van der Waals surface area contributed by atoms with Crippen molar-refractivity contribution < 1.29 is 4.79 Å². The Morgan fingerprint density at radius 1 is 1.21 bits per heavy atom. The highest BCUT2D eigenvalue weighted by Crippen LogP contribution is 2.08. The smallest absolute Gasteiger partial charge is 0.251 e. The summed E-state index contributed by atoms with van der Waals surface area (Å²) in [7, 11) is 0. The molecule has 0 aliphatic heterocycles. The Hall–Kier alpha value is -1.90. The largest absolute Gasteiger partial charge is 0.322 e. The Bertz CT molecular complexity index is 488. The number of carbonyl (C=O) groups is 1. The molecule has 0 aliphatic carbocycles. The highest BCUT2D eigenvalue weighted by molar-refractivity contribution is 5.78. The summed E-state index contributed by atoms with van der Waals surface area (Å²) in [4.78, 5) is 22.0. The number of carbonyl (C=O) groups excluding carboxylic acids is 1. The van der Waals surface area contributed by atoms with E-state index < -0.39 is 0 Å². The van der Waals surface area contributed by atoms with Crippen LogP contribution >= 0.6 is 0 Å². The standard InChI is InChI=1S/C10H9NO.CH2O/c1-7-6-8-4-2-3-5-9(8)11-10(7)12;1-2/h2-6H,1H3,(H,11,12);1H2. The number of fused-ring (bicyclic) bond motifs is 1. The molecule has 0 unspecified atom stereocenters. The average Bonchev–Trinajstić information content (AvgIpc) is 2.23. The Kier molecular flexibility index (Phi) is 3.18.